The molecular weight excluding hydrogens is 278 g/mol. The van der Waals surface area contributed by atoms with Crippen molar-refractivity contribution in [1.29, 1.82) is 0 Å². The smallest absolute Gasteiger partial charge is 0.131 e. The summed E-state index contributed by atoms with van der Waals surface area (Å²) in [6, 6.07) is 8.56. The van der Waals surface area contributed by atoms with Crippen molar-refractivity contribution in [2.24, 2.45) is 7.05 Å². The lowest BCUT2D eigenvalue weighted by Crippen LogP contribution is -2.04. The monoisotopic (exact) mass is 295 g/mol. The van der Waals surface area contributed by atoms with E-state index < -0.39 is 0 Å². The molecule has 0 fully saturated rings. The first-order valence-electron chi connectivity index (χ1n) is 6.16. The molecule has 0 unspecified atom stereocenters. The van der Waals surface area contributed by atoms with Gasteiger partial charge in [-0.25, -0.2) is 0 Å². The third kappa shape index (κ3) is 3.53. The van der Waals surface area contributed by atoms with Gasteiger partial charge >= 0.3 is 0 Å². The molecule has 0 aliphatic carbocycles. The number of aromatic nitrogens is 2. The Hall–Kier alpha value is -0.970. The van der Waals surface area contributed by atoms with Crippen molar-refractivity contribution in [3.05, 3.63) is 46.2 Å². The second kappa shape index (κ2) is 6.46. The van der Waals surface area contributed by atoms with Crippen LogP contribution >= 0.6 is 23.4 Å². The van der Waals surface area contributed by atoms with E-state index in [1.807, 2.05) is 21.0 Å². The molecule has 1 aromatic carbocycles. The van der Waals surface area contributed by atoms with Crippen LogP contribution in [0.4, 0.5) is 0 Å². The van der Waals surface area contributed by atoms with E-state index in [1.165, 1.54) is 10.5 Å². The van der Waals surface area contributed by atoms with Gasteiger partial charge in [-0.05, 0) is 31.7 Å². The van der Waals surface area contributed by atoms with E-state index in [-0.39, 0.29) is 0 Å². The molecule has 1 heterocycles. The second-order valence-electron chi connectivity index (χ2n) is 4.44. The Balaban J connectivity index is 2.08. The largest absolute Gasteiger partial charge is 0.316 e. The molecule has 2 rings (SSSR count). The maximum absolute atomic E-state index is 6.24. The summed E-state index contributed by atoms with van der Waals surface area (Å²) in [5.74, 6) is 0.849. The Morgan fingerprint density at radius 1 is 1.42 bits per heavy atom. The quantitative estimate of drug-likeness (QED) is 0.858. The number of halogens is 1. The molecule has 0 saturated carbocycles. The van der Waals surface area contributed by atoms with Gasteiger partial charge in [-0.1, -0.05) is 23.7 Å². The van der Waals surface area contributed by atoms with E-state index in [1.54, 1.807) is 16.4 Å². The highest BCUT2D eigenvalue weighted by molar-refractivity contribution is 7.98. The van der Waals surface area contributed by atoms with Crippen LogP contribution in [0.5, 0.6) is 0 Å². The molecule has 0 saturated heterocycles. The molecule has 1 aromatic heterocycles. The Labute approximate surface area is 123 Å². The summed E-state index contributed by atoms with van der Waals surface area (Å²) < 4.78 is 1.73. The van der Waals surface area contributed by atoms with Gasteiger partial charge in [0.2, 0.25) is 0 Å². The fourth-order valence-corrected chi connectivity index (χ4v) is 3.33. The van der Waals surface area contributed by atoms with Gasteiger partial charge in [0.15, 0.2) is 0 Å². The molecule has 19 heavy (non-hydrogen) atoms. The zero-order valence-electron chi connectivity index (χ0n) is 11.4. The molecule has 0 aliphatic heterocycles. The predicted octanol–water partition coefficient (Wildman–Crippen LogP) is 3.39. The molecule has 0 spiro atoms. The number of nitrogens with one attached hydrogen (secondary N) is 1. The lowest BCUT2D eigenvalue weighted by molar-refractivity contribution is 0.757. The molecule has 0 aliphatic rings. The Bertz CT molecular complexity index is 566. The number of thioether (sulfide) groups is 1. The molecule has 5 heteroatoms. The van der Waals surface area contributed by atoms with Crippen LogP contribution in [-0.4, -0.2) is 16.8 Å². The Kier molecular flexibility index (Phi) is 4.91. The number of rotatable bonds is 5. The molecule has 102 valence electrons. The van der Waals surface area contributed by atoms with E-state index >= 15 is 0 Å². The minimum absolute atomic E-state index is 0.733. The van der Waals surface area contributed by atoms with E-state index in [0.717, 1.165) is 28.7 Å². The van der Waals surface area contributed by atoms with Crippen molar-refractivity contribution in [2.75, 3.05) is 7.05 Å². The summed E-state index contributed by atoms with van der Waals surface area (Å²) in [7, 11) is 3.83. The number of hydrogen-bond acceptors (Lipinski definition) is 3. The normalized spacial score (nSPS) is 10.9. The Morgan fingerprint density at radius 3 is 2.84 bits per heavy atom. The summed E-state index contributed by atoms with van der Waals surface area (Å²) >= 11 is 8.03. The number of hydrogen-bond donors (Lipinski definition) is 1. The standard InChI is InChI=1S/C14H18ClN3S/c1-10-13(14(15)18(3)17-10)9-19-12-6-4-5-11(7-12)8-16-2/h4-7,16H,8-9H2,1-3H3. The predicted molar refractivity (Wildman–Crippen MR) is 81.7 cm³/mol. The summed E-state index contributed by atoms with van der Waals surface area (Å²) in [5.41, 5.74) is 3.42. The number of aryl methyl sites for hydroxylation is 2. The maximum atomic E-state index is 6.24. The minimum atomic E-state index is 0.733. The SMILES string of the molecule is CNCc1cccc(SCc2c(C)nn(C)c2Cl)c1. The highest BCUT2D eigenvalue weighted by atomic mass is 35.5. The first kappa shape index (κ1) is 14.4. The van der Waals surface area contributed by atoms with Crippen molar-refractivity contribution in [3.8, 4) is 0 Å². The van der Waals surface area contributed by atoms with Gasteiger partial charge in [-0.15, -0.1) is 11.8 Å². The minimum Gasteiger partial charge on any atom is -0.316 e. The van der Waals surface area contributed by atoms with Gasteiger partial charge in [0.1, 0.15) is 5.15 Å². The number of nitrogens with zero attached hydrogens (tertiary/aromatic N) is 2. The third-order valence-electron chi connectivity index (χ3n) is 2.93. The molecule has 0 radical (unpaired) electrons. The molecule has 0 bridgehead atoms. The highest BCUT2D eigenvalue weighted by Gasteiger charge is 2.11. The van der Waals surface area contributed by atoms with Crippen LogP contribution in [0.3, 0.4) is 0 Å². The van der Waals surface area contributed by atoms with Gasteiger partial charge in [0.05, 0.1) is 5.69 Å². The van der Waals surface area contributed by atoms with Crippen molar-refractivity contribution >= 4 is 23.4 Å². The van der Waals surface area contributed by atoms with E-state index in [4.69, 9.17) is 11.6 Å². The third-order valence-corrected chi connectivity index (χ3v) is 4.43. The fraction of sp³-hybridized carbons (Fsp3) is 0.357. The van der Waals surface area contributed by atoms with Crippen LogP contribution in [0, 0.1) is 6.92 Å². The molecule has 3 nitrogen and oxygen atoms in total. The van der Waals surface area contributed by atoms with Gasteiger partial charge in [0.25, 0.3) is 0 Å². The average Bonchev–Trinajstić information content (AvgIpc) is 2.62. The van der Waals surface area contributed by atoms with Crippen LogP contribution in [0.15, 0.2) is 29.2 Å². The van der Waals surface area contributed by atoms with Crippen LogP contribution in [-0.2, 0) is 19.3 Å². The molecule has 1 N–H and O–H groups in total. The Morgan fingerprint density at radius 2 is 2.21 bits per heavy atom. The second-order valence-corrected chi connectivity index (χ2v) is 5.85. The van der Waals surface area contributed by atoms with E-state index in [9.17, 15) is 0 Å². The van der Waals surface area contributed by atoms with Gasteiger partial charge in [0, 0.05) is 29.8 Å². The van der Waals surface area contributed by atoms with Crippen molar-refractivity contribution in [1.82, 2.24) is 15.1 Å². The van der Waals surface area contributed by atoms with Crippen LogP contribution in [0.2, 0.25) is 5.15 Å². The maximum Gasteiger partial charge on any atom is 0.131 e. The van der Waals surface area contributed by atoms with E-state index in [2.05, 4.69) is 34.7 Å². The van der Waals surface area contributed by atoms with Gasteiger partial charge in [-0.2, -0.15) is 5.10 Å². The lowest BCUT2D eigenvalue weighted by atomic mass is 10.2. The summed E-state index contributed by atoms with van der Waals surface area (Å²) in [6.45, 7) is 2.89. The van der Waals surface area contributed by atoms with Gasteiger partial charge < -0.3 is 5.32 Å². The summed E-state index contributed by atoms with van der Waals surface area (Å²) in [4.78, 5) is 1.26. The van der Waals surface area contributed by atoms with Crippen molar-refractivity contribution < 1.29 is 0 Å². The molecule has 0 atom stereocenters. The topological polar surface area (TPSA) is 29.9 Å². The van der Waals surface area contributed by atoms with E-state index in [0.29, 0.717) is 0 Å². The molecule has 0 amide bonds. The summed E-state index contributed by atoms with van der Waals surface area (Å²) in [5, 5.41) is 8.23. The van der Waals surface area contributed by atoms with Gasteiger partial charge in [-0.3, -0.25) is 4.68 Å². The molecule has 2 aromatic rings. The molecular formula is C14H18ClN3S. The lowest BCUT2D eigenvalue weighted by Gasteiger charge is -2.05. The fourth-order valence-electron chi connectivity index (χ4n) is 1.94. The zero-order chi connectivity index (χ0) is 13.8. The van der Waals surface area contributed by atoms with Crippen molar-refractivity contribution in [2.45, 2.75) is 24.1 Å². The van der Waals surface area contributed by atoms with Crippen LogP contribution in [0.1, 0.15) is 16.8 Å². The van der Waals surface area contributed by atoms with Crippen molar-refractivity contribution in [3.63, 3.8) is 0 Å². The first-order chi connectivity index (χ1) is 9.11. The summed E-state index contributed by atoms with van der Waals surface area (Å²) in [6.07, 6.45) is 0. The highest BCUT2D eigenvalue weighted by Crippen LogP contribution is 2.28. The van der Waals surface area contributed by atoms with Crippen LogP contribution < -0.4 is 5.32 Å². The van der Waals surface area contributed by atoms with Crippen LogP contribution in [0.25, 0.3) is 0 Å². The zero-order valence-corrected chi connectivity index (χ0v) is 13.0. The first-order valence-corrected chi connectivity index (χ1v) is 7.52. The average molecular weight is 296 g/mol. The number of benzene rings is 1.